The summed E-state index contributed by atoms with van der Waals surface area (Å²) in [6.45, 7) is 4.93. The molecule has 2 aromatic rings. The number of amides is 2. The second kappa shape index (κ2) is 10.7. The molecular formula is C23H28ClN3O2S. The van der Waals surface area contributed by atoms with Gasteiger partial charge in [-0.05, 0) is 55.2 Å². The molecule has 2 amide bonds. The van der Waals surface area contributed by atoms with Crippen LogP contribution in [0.15, 0.2) is 48.5 Å². The molecule has 1 saturated heterocycles. The Morgan fingerprint density at radius 3 is 2.50 bits per heavy atom. The molecule has 1 fully saturated rings. The largest absolute Gasteiger partial charge is 0.368 e. The SMILES string of the molecule is CSCCC(NC(=O)c1ccccc1Cl)C(=O)N1CCN(c2cccc(C)c2)CC1. The lowest BCUT2D eigenvalue weighted by Gasteiger charge is -2.37. The number of thioether (sulfide) groups is 1. The van der Waals surface area contributed by atoms with Crippen LogP contribution in [0.1, 0.15) is 22.3 Å². The van der Waals surface area contributed by atoms with Gasteiger partial charge in [0.15, 0.2) is 0 Å². The Kier molecular flexibility index (Phi) is 8.05. The first kappa shape index (κ1) is 22.5. The molecule has 160 valence electrons. The number of halogens is 1. The molecule has 0 bridgehead atoms. The topological polar surface area (TPSA) is 52.7 Å². The lowest BCUT2D eigenvalue weighted by Crippen LogP contribution is -2.55. The van der Waals surface area contributed by atoms with Gasteiger partial charge in [-0.15, -0.1) is 0 Å². The van der Waals surface area contributed by atoms with Crippen LogP contribution in [0.25, 0.3) is 0 Å². The number of hydrogen-bond acceptors (Lipinski definition) is 4. The quantitative estimate of drug-likeness (QED) is 0.703. The lowest BCUT2D eigenvalue weighted by molar-refractivity contribution is -0.133. The van der Waals surface area contributed by atoms with Crippen molar-refractivity contribution in [2.45, 2.75) is 19.4 Å². The molecule has 1 heterocycles. The van der Waals surface area contributed by atoms with Crippen molar-refractivity contribution in [3.8, 4) is 0 Å². The number of benzene rings is 2. The van der Waals surface area contributed by atoms with Crippen molar-refractivity contribution in [2.24, 2.45) is 0 Å². The van der Waals surface area contributed by atoms with Crippen molar-refractivity contribution >= 4 is 40.9 Å². The number of aryl methyl sites for hydroxylation is 1. The highest BCUT2D eigenvalue weighted by atomic mass is 35.5. The fraction of sp³-hybridized carbons (Fsp3) is 0.391. The van der Waals surface area contributed by atoms with Crippen molar-refractivity contribution in [3.63, 3.8) is 0 Å². The van der Waals surface area contributed by atoms with Gasteiger partial charge in [-0.2, -0.15) is 11.8 Å². The zero-order valence-electron chi connectivity index (χ0n) is 17.4. The summed E-state index contributed by atoms with van der Waals surface area (Å²) in [5.41, 5.74) is 2.81. The zero-order valence-corrected chi connectivity index (χ0v) is 19.0. The van der Waals surface area contributed by atoms with Crippen LogP contribution in [0.3, 0.4) is 0 Å². The molecule has 7 heteroatoms. The fourth-order valence-electron chi connectivity index (χ4n) is 3.60. The summed E-state index contributed by atoms with van der Waals surface area (Å²) in [4.78, 5) is 30.1. The van der Waals surface area contributed by atoms with Gasteiger partial charge in [0.05, 0.1) is 10.6 Å². The fourth-order valence-corrected chi connectivity index (χ4v) is 4.30. The predicted octanol–water partition coefficient (Wildman–Crippen LogP) is 3.85. The molecule has 30 heavy (non-hydrogen) atoms. The summed E-state index contributed by atoms with van der Waals surface area (Å²) >= 11 is 7.82. The van der Waals surface area contributed by atoms with Gasteiger partial charge in [0.1, 0.15) is 6.04 Å². The molecular weight excluding hydrogens is 418 g/mol. The molecule has 3 rings (SSSR count). The molecule has 1 aliphatic rings. The van der Waals surface area contributed by atoms with Crippen LogP contribution in [0.5, 0.6) is 0 Å². The van der Waals surface area contributed by atoms with Gasteiger partial charge in [-0.1, -0.05) is 35.9 Å². The van der Waals surface area contributed by atoms with E-state index in [0.29, 0.717) is 30.1 Å². The van der Waals surface area contributed by atoms with Crippen LogP contribution in [-0.4, -0.2) is 60.9 Å². The van der Waals surface area contributed by atoms with Gasteiger partial charge in [-0.3, -0.25) is 9.59 Å². The Morgan fingerprint density at radius 2 is 1.83 bits per heavy atom. The molecule has 0 aliphatic carbocycles. The molecule has 1 N–H and O–H groups in total. The molecule has 0 saturated carbocycles. The van der Waals surface area contributed by atoms with Crippen molar-refractivity contribution in [1.29, 1.82) is 0 Å². The van der Waals surface area contributed by atoms with E-state index in [-0.39, 0.29) is 11.8 Å². The number of rotatable bonds is 7. The van der Waals surface area contributed by atoms with Crippen LogP contribution in [0, 0.1) is 6.92 Å². The van der Waals surface area contributed by atoms with Gasteiger partial charge >= 0.3 is 0 Å². The lowest BCUT2D eigenvalue weighted by atomic mass is 10.1. The second-order valence-electron chi connectivity index (χ2n) is 7.44. The monoisotopic (exact) mass is 445 g/mol. The van der Waals surface area contributed by atoms with E-state index < -0.39 is 6.04 Å². The highest BCUT2D eigenvalue weighted by Crippen LogP contribution is 2.19. The number of piperazine rings is 1. The highest BCUT2D eigenvalue weighted by molar-refractivity contribution is 7.98. The van der Waals surface area contributed by atoms with Gasteiger partial charge in [0.2, 0.25) is 5.91 Å². The van der Waals surface area contributed by atoms with Gasteiger partial charge in [0.25, 0.3) is 5.91 Å². The van der Waals surface area contributed by atoms with E-state index in [4.69, 9.17) is 11.6 Å². The number of carbonyl (C=O) groups is 2. The minimum Gasteiger partial charge on any atom is -0.368 e. The Balaban J connectivity index is 1.64. The maximum atomic E-state index is 13.2. The number of hydrogen-bond donors (Lipinski definition) is 1. The maximum absolute atomic E-state index is 13.2. The summed E-state index contributed by atoms with van der Waals surface area (Å²) in [6.07, 6.45) is 2.59. The normalized spacial score (nSPS) is 15.0. The van der Waals surface area contributed by atoms with Crippen LogP contribution >= 0.6 is 23.4 Å². The summed E-state index contributed by atoms with van der Waals surface area (Å²) in [7, 11) is 0. The predicted molar refractivity (Wildman–Crippen MR) is 126 cm³/mol. The van der Waals surface area contributed by atoms with E-state index in [0.717, 1.165) is 18.8 Å². The van der Waals surface area contributed by atoms with Crippen LogP contribution in [0.4, 0.5) is 5.69 Å². The zero-order chi connectivity index (χ0) is 21.5. The van der Waals surface area contributed by atoms with Gasteiger partial charge in [-0.25, -0.2) is 0 Å². The van der Waals surface area contributed by atoms with E-state index in [1.165, 1.54) is 11.3 Å². The first-order valence-corrected chi connectivity index (χ1v) is 11.9. The van der Waals surface area contributed by atoms with Crippen molar-refractivity contribution in [2.75, 3.05) is 43.1 Å². The molecule has 1 atom stereocenters. The first-order chi connectivity index (χ1) is 14.5. The molecule has 2 aromatic carbocycles. The van der Waals surface area contributed by atoms with Crippen molar-refractivity contribution in [3.05, 3.63) is 64.7 Å². The third kappa shape index (κ3) is 5.70. The highest BCUT2D eigenvalue weighted by Gasteiger charge is 2.29. The van der Waals surface area contributed by atoms with Crippen molar-refractivity contribution < 1.29 is 9.59 Å². The van der Waals surface area contributed by atoms with E-state index in [1.807, 2.05) is 11.2 Å². The number of carbonyl (C=O) groups excluding carboxylic acids is 2. The summed E-state index contributed by atoms with van der Waals surface area (Å²) in [6, 6.07) is 14.8. The molecule has 1 aliphatic heterocycles. The van der Waals surface area contributed by atoms with Gasteiger partial charge < -0.3 is 15.1 Å². The smallest absolute Gasteiger partial charge is 0.253 e. The summed E-state index contributed by atoms with van der Waals surface area (Å²) in [5.74, 6) is 0.467. The summed E-state index contributed by atoms with van der Waals surface area (Å²) < 4.78 is 0. The van der Waals surface area contributed by atoms with E-state index >= 15 is 0 Å². The van der Waals surface area contributed by atoms with E-state index in [9.17, 15) is 9.59 Å². The Morgan fingerprint density at radius 1 is 1.10 bits per heavy atom. The molecule has 0 spiro atoms. The molecule has 1 unspecified atom stereocenters. The Hall–Kier alpha value is -2.18. The minimum absolute atomic E-state index is 0.0201. The number of anilines is 1. The standard InChI is InChI=1S/C23H28ClN3O2S/c1-17-6-5-7-18(16-17)26-11-13-27(14-12-26)23(29)21(10-15-30-2)25-22(28)19-8-3-4-9-20(19)24/h3-9,16,21H,10-15H2,1-2H3,(H,25,28). The third-order valence-electron chi connectivity index (χ3n) is 5.29. The molecule has 0 aromatic heterocycles. The Labute approximate surface area is 187 Å². The van der Waals surface area contributed by atoms with E-state index in [1.54, 1.807) is 36.0 Å². The average Bonchev–Trinajstić information content (AvgIpc) is 2.76. The van der Waals surface area contributed by atoms with E-state index in [2.05, 4.69) is 41.4 Å². The average molecular weight is 446 g/mol. The third-order valence-corrected chi connectivity index (χ3v) is 6.26. The van der Waals surface area contributed by atoms with Crippen LogP contribution in [-0.2, 0) is 4.79 Å². The second-order valence-corrected chi connectivity index (χ2v) is 8.83. The van der Waals surface area contributed by atoms with Crippen LogP contribution < -0.4 is 10.2 Å². The summed E-state index contributed by atoms with van der Waals surface area (Å²) in [5, 5.41) is 3.30. The molecule has 0 radical (unpaired) electrons. The van der Waals surface area contributed by atoms with Crippen molar-refractivity contribution in [1.82, 2.24) is 10.2 Å². The first-order valence-electron chi connectivity index (χ1n) is 10.1. The number of nitrogens with one attached hydrogen (secondary N) is 1. The maximum Gasteiger partial charge on any atom is 0.253 e. The van der Waals surface area contributed by atoms with Crippen LogP contribution in [0.2, 0.25) is 5.02 Å². The molecule has 5 nitrogen and oxygen atoms in total. The number of nitrogens with zero attached hydrogens (tertiary/aromatic N) is 2. The minimum atomic E-state index is -0.549. The Bertz CT molecular complexity index is 884. The van der Waals surface area contributed by atoms with Gasteiger partial charge in [0, 0.05) is 31.9 Å².